The fourth-order valence-electron chi connectivity index (χ4n) is 4.62. The van der Waals surface area contributed by atoms with Gasteiger partial charge in [0.25, 0.3) is 0 Å². The van der Waals surface area contributed by atoms with Gasteiger partial charge in [0.2, 0.25) is 0 Å². The van der Waals surface area contributed by atoms with E-state index in [-0.39, 0.29) is 17.2 Å². The maximum Gasteiger partial charge on any atom is 0.175 e. The molecule has 2 aliphatic rings. The standard InChI is InChI=1S/C23H30N6O4S/c1-15-14-32-12-10-28(15)19-13-17(16(2)34(4,30)31)23-22(24-19)21(26-27(23)3)18-8-9-29(25-18)20-7-5-6-11-33-20/h8-9,13,15,20H,2,5-7,10-12,14H2,1,3-4H3/t15-,20?/m1/s1. The van der Waals surface area contributed by atoms with E-state index in [1.807, 2.05) is 16.9 Å². The van der Waals surface area contributed by atoms with Gasteiger partial charge in [-0.1, -0.05) is 6.58 Å². The lowest BCUT2D eigenvalue weighted by Crippen LogP contribution is -2.44. The molecule has 0 spiro atoms. The zero-order valence-corrected chi connectivity index (χ0v) is 20.6. The largest absolute Gasteiger partial charge is 0.377 e. The summed E-state index contributed by atoms with van der Waals surface area (Å²) in [5.41, 5.74) is 2.96. The highest BCUT2D eigenvalue weighted by molar-refractivity contribution is 7.99. The summed E-state index contributed by atoms with van der Waals surface area (Å²) < 4.78 is 39.9. The van der Waals surface area contributed by atoms with Gasteiger partial charge in [0.1, 0.15) is 29.0 Å². The molecule has 2 fully saturated rings. The predicted octanol–water partition coefficient (Wildman–Crippen LogP) is 2.77. The molecule has 5 rings (SSSR count). The summed E-state index contributed by atoms with van der Waals surface area (Å²) in [5, 5.41) is 9.46. The van der Waals surface area contributed by atoms with Crippen molar-refractivity contribution in [3.8, 4) is 11.4 Å². The van der Waals surface area contributed by atoms with Crippen LogP contribution < -0.4 is 4.90 Å². The van der Waals surface area contributed by atoms with Crippen molar-refractivity contribution in [1.82, 2.24) is 24.5 Å². The van der Waals surface area contributed by atoms with E-state index >= 15 is 0 Å². The van der Waals surface area contributed by atoms with Crippen LogP contribution in [0.4, 0.5) is 5.82 Å². The molecule has 0 amide bonds. The van der Waals surface area contributed by atoms with Crippen molar-refractivity contribution in [3.05, 3.63) is 30.5 Å². The molecule has 34 heavy (non-hydrogen) atoms. The van der Waals surface area contributed by atoms with Crippen molar-refractivity contribution in [3.63, 3.8) is 0 Å². The Morgan fingerprint density at radius 3 is 2.76 bits per heavy atom. The third-order valence-electron chi connectivity index (χ3n) is 6.49. The molecule has 5 heterocycles. The Morgan fingerprint density at radius 1 is 1.24 bits per heavy atom. The van der Waals surface area contributed by atoms with Crippen molar-refractivity contribution in [2.24, 2.45) is 7.05 Å². The van der Waals surface area contributed by atoms with Gasteiger partial charge >= 0.3 is 0 Å². The summed E-state index contributed by atoms with van der Waals surface area (Å²) in [4.78, 5) is 7.14. The molecule has 2 saturated heterocycles. The number of nitrogens with zero attached hydrogens (tertiary/aromatic N) is 6. The summed E-state index contributed by atoms with van der Waals surface area (Å²) in [5.74, 6) is 0.674. The van der Waals surface area contributed by atoms with Crippen molar-refractivity contribution in [2.75, 3.05) is 37.5 Å². The first-order chi connectivity index (χ1) is 16.2. The second-order valence-corrected chi connectivity index (χ2v) is 11.0. The maximum atomic E-state index is 12.5. The number of aryl methyl sites for hydroxylation is 1. The van der Waals surface area contributed by atoms with E-state index < -0.39 is 9.84 Å². The molecule has 0 aliphatic carbocycles. The van der Waals surface area contributed by atoms with Crippen LogP contribution in [0.3, 0.4) is 0 Å². The Hall–Kier alpha value is -2.76. The summed E-state index contributed by atoms with van der Waals surface area (Å²) in [6.07, 6.45) is 6.06. The van der Waals surface area contributed by atoms with Crippen LogP contribution in [0.5, 0.6) is 0 Å². The Morgan fingerprint density at radius 2 is 2.06 bits per heavy atom. The average Bonchev–Trinajstić information content (AvgIpc) is 3.43. The predicted molar refractivity (Wildman–Crippen MR) is 130 cm³/mol. The van der Waals surface area contributed by atoms with Crippen LogP contribution in [-0.4, -0.2) is 71.6 Å². The Kier molecular flexibility index (Phi) is 5.95. The first kappa shape index (κ1) is 23.0. The molecule has 2 atom stereocenters. The van der Waals surface area contributed by atoms with Gasteiger partial charge in [-0.25, -0.2) is 18.1 Å². The molecule has 3 aromatic heterocycles. The van der Waals surface area contributed by atoms with Gasteiger partial charge in [-0.2, -0.15) is 10.2 Å². The lowest BCUT2D eigenvalue weighted by atomic mass is 10.1. The molecule has 3 aromatic rings. The quantitative estimate of drug-likeness (QED) is 0.542. The lowest BCUT2D eigenvalue weighted by molar-refractivity contribution is -0.0393. The first-order valence-electron chi connectivity index (χ1n) is 11.5. The molecule has 0 aromatic carbocycles. The van der Waals surface area contributed by atoms with Crippen molar-refractivity contribution < 1.29 is 17.9 Å². The number of fused-ring (bicyclic) bond motifs is 1. The molecule has 0 N–H and O–H groups in total. The zero-order valence-electron chi connectivity index (χ0n) is 19.8. The normalized spacial score (nSPS) is 21.8. The number of ether oxygens (including phenoxy) is 2. The lowest BCUT2D eigenvalue weighted by Gasteiger charge is -2.34. The van der Waals surface area contributed by atoms with E-state index in [0.29, 0.717) is 53.6 Å². The highest BCUT2D eigenvalue weighted by Crippen LogP contribution is 2.35. The van der Waals surface area contributed by atoms with Gasteiger partial charge in [0.15, 0.2) is 9.84 Å². The Bertz CT molecular complexity index is 1340. The van der Waals surface area contributed by atoms with Gasteiger partial charge in [-0.3, -0.25) is 4.68 Å². The molecule has 10 nitrogen and oxygen atoms in total. The van der Waals surface area contributed by atoms with Crippen LogP contribution in [0.25, 0.3) is 27.3 Å². The molecular weight excluding hydrogens is 456 g/mol. The van der Waals surface area contributed by atoms with Gasteiger partial charge in [0, 0.05) is 38.2 Å². The van der Waals surface area contributed by atoms with Gasteiger partial charge < -0.3 is 14.4 Å². The Labute approximate surface area is 199 Å². The number of hydrogen-bond donors (Lipinski definition) is 0. The SMILES string of the molecule is C=C(c1cc(N2CCOC[C@H]2C)nc2c(-c3ccn(C4CCCCO4)n3)nn(C)c12)S(C)(=O)=O. The van der Waals surface area contributed by atoms with Gasteiger partial charge in [-0.15, -0.1) is 0 Å². The zero-order chi connectivity index (χ0) is 24.0. The summed E-state index contributed by atoms with van der Waals surface area (Å²) in [6.45, 7) is 8.51. The maximum absolute atomic E-state index is 12.5. The van der Waals surface area contributed by atoms with Crippen LogP contribution in [0.2, 0.25) is 0 Å². The molecule has 1 unspecified atom stereocenters. The number of aromatic nitrogens is 5. The third-order valence-corrected chi connectivity index (χ3v) is 7.60. The van der Waals surface area contributed by atoms with E-state index in [2.05, 4.69) is 18.4 Å². The average molecular weight is 487 g/mol. The second kappa shape index (κ2) is 8.79. The van der Waals surface area contributed by atoms with Crippen molar-refractivity contribution in [2.45, 2.75) is 38.5 Å². The van der Waals surface area contributed by atoms with E-state index in [1.54, 1.807) is 17.8 Å². The smallest absolute Gasteiger partial charge is 0.175 e. The highest BCUT2D eigenvalue weighted by Gasteiger charge is 2.27. The van der Waals surface area contributed by atoms with Gasteiger partial charge in [0.05, 0.1) is 29.7 Å². The van der Waals surface area contributed by atoms with E-state index in [4.69, 9.17) is 24.7 Å². The molecular formula is C23H30N6O4S. The molecule has 182 valence electrons. The minimum atomic E-state index is -3.53. The van der Waals surface area contributed by atoms with Crippen LogP contribution in [0.15, 0.2) is 24.9 Å². The van der Waals surface area contributed by atoms with Crippen LogP contribution in [-0.2, 0) is 26.4 Å². The van der Waals surface area contributed by atoms with E-state index in [0.717, 1.165) is 25.9 Å². The van der Waals surface area contributed by atoms with Crippen molar-refractivity contribution in [1.29, 1.82) is 0 Å². The third kappa shape index (κ3) is 4.12. The number of sulfone groups is 1. The van der Waals surface area contributed by atoms with Crippen LogP contribution >= 0.6 is 0 Å². The minimum Gasteiger partial charge on any atom is -0.377 e. The van der Waals surface area contributed by atoms with Crippen LogP contribution in [0.1, 0.15) is 38.0 Å². The number of hydrogen-bond acceptors (Lipinski definition) is 8. The highest BCUT2D eigenvalue weighted by atomic mass is 32.2. The summed E-state index contributed by atoms with van der Waals surface area (Å²) >= 11 is 0. The van der Waals surface area contributed by atoms with Crippen LogP contribution in [0, 0.1) is 0 Å². The summed E-state index contributed by atoms with van der Waals surface area (Å²) in [6, 6.07) is 3.80. The fourth-order valence-corrected chi connectivity index (χ4v) is 5.18. The Balaban J connectivity index is 1.67. The first-order valence-corrected chi connectivity index (χ1v) is 13.4. The monoisotopic (exact) mass is 486 g/mol. The minimum absolute atomic E-state index is 0.0396. The van der Waals surface area contributed by atoms with Gasteiger partial charge in [-0.05, 0) is 38.3 Å². The van der Waals surface area contributed by atoms with Crippen molar-refractivity contribution >= 4 is 31.6 Å². The topological polar surface area (TPSA) is 104 Å². The van der Waals surface area contributed by atoms with E-state index in [1.165, 1.54) is 6.26 Å². The molecule has 0 radical (unpaired) electrons. The number of rotatable bonds is 5. The molecule has 2 aliphatic heterocycles. The number of morpholine rings is 1. The number of anilines is 1. The molecule has 0 saturated carbocycles. The summed E-state index contributed by atoms with van der Waals surface area (Å²) in [7, 11) is -1.75. The molecule has 0 bridgehead atoms. The number of pyridine rings is 1. The second-order valence-electron chi connectivity index (χ2n) is 9.01. The molecule has 11 heteroatoms. The van der Waals surface area contributed by atoms with E-state index in [9.17, 15) is 8.42 Å². The fraction of sp³-hybridized carbons (Fsp3) is 0.522.